The Morgan fingerprint density at radius 3 is 2.29 bits per heavy atom. The van der Waals surface area contributed by atoms with Gasteiger partial charge in [-0.25, -0.2) is 9.59 Å². The van der Waals surface area contributed by atoms with Crippen LogP contribution in [0.25, 0.3) is 0 Å². The maximum Gasteiger partial charge on any atom is 1.00 e. The molecule has 2 amide bonds. The van der Waals surface area contributed by atoms with Crippen molar-refractivity contribution in [1.82, 2.24) is 9.80 Å². The van der Waals surface area contributed by atoms with Crippen LogP contribution in [0.2, 0.25) is 0 Å². The van der Waals surface area contributed by atoms with E-state index in [0.717, 1.165) is 10.5 Å². The van der Waals surface area contributed by atoms with Gasteiger partial charge in [0.2, 0.25) is 0 Å². The number of ether oxygens (including phenoxy) is 2. The number of rotatable bonds is 3. The number of carboxylic acid groups (broad SMARTS) is 1. The molecule has 1 aromatic rings. The number of aliphatic carboxylic acids is 1. The number of carbonyl (C=O) groups is 3. The van der Waals surface area contributed by atoms with Crippen LogP contribution in [0.4, 0.5) is 9.59 Å². The Kier molecular flexibility index (Phi) is 10.4. The molecule has 0 spiro atoms. The fourth-order valence-electron chi connectivity index (χ4n) is 2.70. The second kappa shape index (κ2) is 11.5. The molecule has 0 N–H and O–H groups in total. The van der Waals surface area contributed by atoms with E-state index in [0.29, 0.717) is 0 Å². The summed E-state index contributed by atoms with van der Waals surface area (Å²) in [5.74, 6) is -1.38. The zero-order valence-corrected chi connectivity index (χ0v) is 23.1. The van der Waals surface area contributed by atoms with Crippen molar-refractivity contribution in [3.63, 3.8) is 0 Å². The van der Waals surface area contributed by atoms with E-state index >= 15 is 0 Å². The number of hydrogen-bond donors (Lipinski definition) is 0. The first kappa shape index (κ1) is 25.3. The maximum absolute atomic E-state index is 12.4. The molecule has 28 heavy (non-hydrogen) atoms. The van der Waals surface area contributed by atoms with E-state index in [1.807, 2.05) is 18.2 Å². The number of amides is 2. The number of benzene rings is 1. The van der Waals surface area contributed by atoms with Crippen molar-refractivity contribution in [1.29, 1.82) is 0 Å². The van der Waals surface area contributed by atoms with Gasteiger partial charge in [0.25, 0.3) is 0 Å². The maximum atomic E-state index is 12.4. The fourth-order valence-corrected chi connectivity index (χ4v) is 2.70. The van der Waals surface area contributed by atoms with Gasteiger partial charge < -0.3 is 24.3 Å². The van der Waals surface area contributed by atoms with Gasteiger partial charge in [-0.2, -0.15) is 0 Å². The molecule has 8 nitrogen and oxygen atoms in total. The Labute approximate surface area is 224 Å². The van der Waals surface area contributed by atoms with Gasteiger partial charge in [-0.3, -0.25) is 4.90 Å². The Morgan fingerprint density at radius 2 is 1.71 bits per heavy atom. The van der Waals surface area contributed by atoms with Crippen LogP contribution in [0.5, 0.6) is 0 Å². The number of hydrogen-bond acceptors (Lipinski definition) is 6. The molecule has 1 atom stereocenters. The monoisotopic (exact) mass is 510 g/mol. The molecule has 1 unspecified atom stereocenters. The van der Waals surface area contributed by atoms with Crippen LogP contribution in [-0.2, 0) is 20.9 Å². The van der Waals surface area contributed by atoms with Gasteiger partial charge in [0.05, 0.1) is 12.0 Å². The molecule has 1 heterocycles. The van der Waals surface area contributed by atoms with Gasteiger partial charge in [-0.1, -0.05) is 30.3 Å². The van der Waals surface area contributed by atoms with Gasteiger partial charge in [0, 0.05) is 19.6 Å². The third-order valence-corrected chi connectivity index (χ3v) is 4.02. The smallest absolute Gasteiger partial charge is 0.548 e. The summed E-state index contributed by atoms with van der Waals surface area (Å²) >= 11 is 0. The van der Waals surface area contributed by atoms with E-state index in [2.05, 4.69) is 0 Å². The molecule has 0 aliphatic carbocycles. The van der Waals surface area contributed by atoms with E-state index < -0.39 is 29.8 Å². The van der Waals surface area contributed by atoms with Crippen molar-refractivity contribution in [2.75, 3.05) is 19.6 Å². The van der Waals surface area contributed by atoms with Crippen molar-refractivity contribution in [2.24, 2.45) is 0 Å². The Bertz CT molecular complexity index is 677. The first-order valence-corrected chi connectivity index (χ1v) is 8.83. The van der Waals surface area contributed by atoms with Crippen molar-refractivity contribution >= 4 is 18.2 Å². The van der Waals surface area contributed by atoms with Crippen LogP contribution in [0.15, 0.2) is 30.3 Å². The minimum absolute atomic E-state index is 0. The third-order valence-electron chi connectivity index (χ3n) is 4.02. The summed E-state index contributed by atoms with van der Waals surface area (Å²) in [5.41, 5.74) is 0.131. The second-order valence-corrected chi connectivity index (χ2v) is 7.32. The number of carbonyl (C=O) groups excluding carboxylic acids is 3. The zero-order valence-electron chi connectivity index (χ0n) is 16.8. The summed E-state index contributed by atoms with van der Waals surface area (Å²) in [4.78, 5) is 38.7. The predicted octanol–water partition coefficient (Wildman–Crippen LogP) is -1.61. The molecule has 2 rings (SSSR count). The van der Waals surface area contributed by atoms with E-state index in [1.54, 1.807) is 32.9 Å². The molecule has 9 heteroatoms. The Balaban J connectivity index is 0.00000392. The Hall–Kier alpha value is -0.718. The van der Waals surface area contributed by atoms with Crippen LogP contribution in [-0.4, -0.2) is 59.2 Å². The minimum atomic E-state index is -1.38. The number of nitrogens with zero attached hydrogens (tertiary/aromatic N) is 2. The molecule has 1 aliphatic heterocycles. The Morgan fingerprint density at radius 1 is 1.07 bits per heavy atom. The van der Waals surface area contributed by atoms with Crippen LogP contribution >= 0.6 is 0 Å². The third kappa shape index (κ3) is 7.96. The van der Waals surface area contributed by atoms with Crippen LogP contribution in [0.1, 0.15) is 32.8 Å². The van der Waals surface area contributed by atoms with Gasteiger partial charge in [0.1, 0.15) is 12.2 Å². The molecule has 1 aromatic carbocycles. The fraction of sp³-hybridized carbons (Fsp3) is 0.526. The first-order valence-electron chi connectivity index (χ1n) is 8.83. The van der Waals surface area contributed by atoms with Crippen LogP contribution in [0.3, 0.4) is 0 Å². The average molecular weight is 510 g/mol. The number of carboxylic acids is 1. The van der Waals surface area contributed by atoms with Crippen LogP contribution < -0.4 is 74.0 Å². The van der Waals surface area contributed by atoms with E-state index in [4.69, 9.17) is 9.47 Å². The van der Waals surface area contributed by atoms with E-state index in [-0.39, 0.29) is 102 Å². The largest absolute Gasteiger partial charge is 1.00 e. The molecule has 1 saturated heterocycles. The second-order valence-electron chi connectivity index (χ2n) is 7.32. The minimum Gasteiger partial charge on any atom is -0.548 e. The quantitative estimate of drug-likeness (QED) is 0.486. The SMILES string of the molecule is CC(C)(C)OC(=O)N1CCC(C(=O)[O-])N(C(=O)OCc2ccccc2)CC1.[Cs+]. The van der Waals surface area contributed by atoms with E-state index in [1.165, 1.54) is 4.90 Å². The van der Waals surface area contributed by atoms with Crippen molar-refractivity contribution in [3.8, 4) is 0 Å². The molecular weight excluding hydrogens is 485 g/mol. The summed E-state index contributed by atoms with van der Waals surface area (Å²) in [6, 6.07) is 7.92. The van der Waals surface area contributed by atoms with Gasteiger partial charge in [-0.05, 0) is 32.8 Å². The van der Waals surface area contributed by atoms with Gasteiger partial charge in [-0.15, -0.1) is 0 Å². The molecule has 148 valence electrons. The van der Waals surface area contributed by atoms with Crippen molar-refractivity contribution in [2.45, 2.75) is 45.4 Å². The zero-order chi connectivity index (χ0) is 20.0. The summed E-state index contributed by atoms with van der Waals surface area (Å²) in [5, 5.41) is 11.5. The van der Waals surface area contributed by atoms with Crippen molar-refractivity contribution in [3.05, 3.63) is 35.9 Å². The van der Waals surface area contributed by atoms with Gasteiger partial charge in [0.15, 0.2) is 0 Å². The summed E-state index contributed by atoms with van der Waals surface area (Å²) < 4.78 is 10.6. The summed E-state index contributed by atoms with van der Waals surface area (Å²) in [6.45, 7) is 5.60. The van der Waals surface area contributed by atoms with Crippen molar-refractivity contribution < 1.29 is 97.9 Å². The average Bonchev–Trinajstić information content (AvgIpc) is 2.82. The molecular formula is C19H25CsN2O6. The first-order chi connectivity index (χ1) is 12.7. The topological polar surface area (TPSA) is 99.2 Å². The standard InChI is InChI=1S/C19H26N2O6.Cs/c1-19(2,3)27-17(24)20-10-9-15(16(22)23)21(12-11-20)18(25)26-13-14-7-5-4-6-8-14;/h4-8,15H,9-13H2,1-3H3,(H,22,23);/q;+1/p-1. The molecule has 1 aliphatic rings. The molecule has 0 aromatic heterocycles. The van der Waals surface area contributed by atoms with Gasteiger partial charge >= 0.3 is 81.1 Å². The summed E-state index contributed by atoms with van der Waals surface area (Å²) in [6.07, 6.45) is -1.25. The predicted molar refractivity (Wildman–Crippen MR) is 94.6 cm³/mol. The molecule has 0 radical (unpaired) electrons. The van der Waals surface area contributed by atoms with Crippen LogP contribution in [0, 0.1) is 0 Å². The summed E-state index contributed by atoms with van der Waals surface area (Å²) in [7, 11) is 0. The van der Waals surface area contributed by atoms with E-state index in [9.17, 15) is 19.5 Å². The molecule has 0 saturated carbocycles. The molecule has 1 fully saturated rings. The molecule has 0 bridgehead atoms. The normalized spacial score (nSPS) is 17.2.